The van der Waals surface area contributed by atoms with Crippen molar-refractivity contribution in [3.8, 4) is 0 Å². The van der Waals surface area contributed by atoms with Gasteiger partial charge in [0.1, 0.15) is 5.69 Å². The highest BCUT2D eigenvalue weighted by atomic mass is 16.5. The van der Waals surface area contributed by atoms with Crippen LogP contribution in [0.15, 0.2) is 12.3 Å². The number of aromatic nitrogens is 2. The van der Waals surface area contributed by atoms with Crippen LogP contribution in [0.25, 0.3) is 0 Å². The van der Waals surface area contributed by atoms with Crippen molar-refractivity contribution in [2.24, 2.45) is 7.05 Å². The molecule has 0 saturated heterocycles. The minimum absolute atomic E-state index is 0.103. The maximum Gasteiger partial charge on any atom is 0.269 e. The smallest absolute Gasteiger partial charge is 0.269 e. The highest BCUT2D eigenvalue weighted by Gasteiger charge is 2.07. The summed E-state index contributed by atoms with van der Waals surface area (Å²) >= 11 is 0. The van der Waals surface area contributed by atoms with E-state index in [4.69, 9.17) is 4.74 Å². The number of methoxy groups -OCH3 is 1. The molecule has 0 fully saturated rings. The number of carbonyl (C=O) groups is 1. The lowest BCUT2D eigenvalue weighted by Crippen LogP contribution is -2.33. The number of nitrogens with one attached hydrogen (secondary N) is 2. The molecule has 0 aliphatic carbocycles. The van der Waals surface area contributed by atoms with Crippen molar-refractivity contribution in [3.05, 3.63) is 18.0 Å². The fourth-order valence-corrected chi connectivity index (χ4v) is 1.25. The first-order valence-electron chi connectivity index (χ1n) is 5.21. The number of carbonyl (C=O) groups excluding carboxylic acids is 1. The van der Waals surface area contributed by atoms with E-state index >= 15 is 0 Å². The molecule has 1 heterocycles. The molecular formula is C10H18N4O2. The highest BCUT2D eigenvalue weighted by molar-refractivity contribution is 5.92. The zero-order chi connectivity index (χ0) is 11.8. The number of hydrogen-bond acceptors (Lipinski definition) is 4. The first kappa shape index (κ1) is 12.7. The summed E-state index contributed by atoms with van der Waals surface area (Å²) in [4.78, 5) is 11.6. The van der Waals surface area contributed by atoms with E-state index in [1.54, 1.807) is 31.1 Å². The standard InChI is InChI=1S/C10H18N4O2/c1-14-9(3-4-13-14)10(15)12-6-5-11-7-8-16-2/h3-4,11H,5-8H2,1-2H3,(H,12,15). The number of nitrogens with zero attached hydrogens (tertiary/aromatic N) is 2. The van der Waals surface area contributed by atoms with Crippen LogP contribution in [-0.4, -0.2) is 49.0 Å². The predicted octanol–water partition coefficient (Wildman–Crippen LogP) is -0.614. The number of amides is 1. The molecule has 0 saturated carbocycles. The molecule has 0 atom stereocenters. The van der Waals surface area contributed by atoms with E-state index in [9.17, 15) is 4.79 Å². The molecular weight excluding hydrogens is 208 g/mol. The third-order valence-corrected chi connectivity index (χ3v) is 2.12. The van der Waals surface area contributed by atoms with Crippen molar-refractivity contribution < 1.29 is 9.53 Å². The van der Waals surface area contributed by atoms with Crippen molar-refractivity contribution in [1.29, 1.82) is 0 Å². The zero-order valence-electron chi connectivity index (χ0n) is 9.69. The lowest BCUT2D eigenvalue weighted by molar-refractivity contribution is 0.0944. The molecule has 0 radical (unpaired) electrons. The minimum atomic E-state index is -0.103. The quantitative estimate of drug-likeness (QED) is 0.608. The van der Waals surface area contributed by atoms with Crippen LogP contribution in [0.5, 0.6) is 0 Å². The fourth-order valence-electron chi connectivity index (χ4n) is 1.25. The number of rotatable bonds is 7. The Bertz CT molecular complexity index is 324. The van der Waals surface area contributed by atoms with Gasteiger partial charge in [-0.15, -0.1) is 0 Å². The van der Waals surface area contributed by atoms with Gasteiger partial charge >= 0.3 is 0 Å². The van der Waals surface area contributed by atoms with Gasteiger partial charge in [-0.2, -0.15) is 5.10 Å². The number of ether oxygens (including phenoxy) is 1. The highest BCUT2D eigenvalue weighted by Crippen LogP contribution is 1.94. The summed E-state index contributed by atoms with van der Waals surface area (Å²) in [5.41, 5.74) is 0.567. The Balaban J connectivity index is 2.14. The van der Waals surface area contributed by atoms with Gasteiger partial charge in [0, 0.05) is 40.0 Å². The van der Waals surface area contributed by atoms with Crippen LogP contribution in [0.2, 0.25) is 0 Å². The molecule has 0 aromatic carbocycles. The molecule has 1 rings (SSSR count). The Labute approximate surface area is 95.0 Å². The third-order valence-electron chi connectivity index (χ3n) is 2.12. The third kappa shape index (κ3) is 4.00. The molecule has 1 amide bonds. The minimum Gasteiger partial charge on any atom is -0.383 e. The van der Waals surface area contributed by atoms with Crippen LogP contribution in [0.1, 0.15) is 10.5 Å². The first-order chi connectivity index (χ1) is 7.75. The van der Waals surface area contributed by atoms with Gasteiger partial charge in [0.05, 0.1) is 6.61 Å². The molecule has 0 spiro atoms. The monoisotopic (exact) mass is 226 g/mol. The Hall–Kier alpha value is -1.40. The summed E-state index contributed by atoms with van der Waals surface area (Å²) in [6.07, 6.45) is 1.60. The summed E-state index contributed by atoms with van der Waals surface area (Å²) in [5, 5.41) is 9.87. The molecule has 90 valence electrons. The molecule has 0 aliphatic rings. The van der Waals surface area contributed by atoms with E-state index in [1.807, 2.05) is 0 Å². The summed E-state index contributed by atoms with van der Waals surface area (Å²) in [7, 11) is 3.40. The Morgan fingerprint density at radius 1 is 1.50 bits per heavy atom. The van der Waals surface area contributed by atoms with E-state index in [1.165, 1.54) is 0 Å². The lowest BCUT2D eigenvalue weighted by Gasteiger charge is -2.06. The lowest BCUT2D eigenvalue weighted by atomic mass is 10.4. The van der Waals surface area contributed by atoms with Gasteiger partial charge in [0.25, 0.3) is 5.91 Å². The second kappa shape index (κ2) is 6.97. The van der Waals surface area contributed by atoms with E-state index in [0.717, 1.165) is 13.1 Å². The SMILES string of the molecule is COCCNCCNC(=O)c1ccnn1C. The van der Waals surface area contributed by atoms with Crippen LogP contribution < -0.4 is 10.6 Å². The van der Waals surface area contributed by atoms with Gasteiger partial charge in [0.2, 0.25) is 0 Å². The van der Waals surface area contributed by atoms with Crippen molar-refractivity contribution in [1.82, 2.24) is 20.4 Å². The molecule has 1 aromatic heterocycles. The molecule has 0 aliphatic heterocycles. The van der Waals surface area contributed by atoms with Gasteiger partial charge in [-0.25, -0.2) is 0 Å². The topological polar surface area (TPSA) is 68.2 Å². The second-order valence-electron chi connectivity index (χ2n) is 3.34. The van der Waals surface area contributed by atoms with Gasteiger partial charge in [-0.1, -0.05) is 0 Å². The second-order valence-corrected chi connectivity index (χ2v) is 3.34. The zero-order valence-corrected chi connectivity index (χ0v) is 9.69. The summed E-state index contributed by atoms with van der Waals surface area (Å²) < 4.78 is 6.43. The van der Waals surface area contributed by atoms with Gasteiger partial charge < -0.3 is 15.4 Å². The van der Waals surface area contributed by atoms with Crippen molar-refractivity contribution >= 4 is 5.91 Å². The Kier molecular flexibility index (Phi) is 5.52. The number of hydrogen-bond donors (Lipinski definition) is 2. The average molecular weight is 226 g/mol. The van der Waals surface area contributed by atoms with Crippen LogP contribution in [-0.2, 0) is 11.8 Å². The van der Waals surface area contributed by atoms with E-state index < -0.39 is 0 Å². The molecule has 6 nitrogen and oxygen atoms in total. The van der Waals surface area contributed by atoms with Crippen molar-refractivity contribution in [3.63, 3.8) is 0 Å². The summed E-state index contributed by atoms with van der Waals surface area (Å²) in [5.74, 6) is -0.103. The normalized spacial score (nSPS) is 10.4. The Morgan fingerprint density at radius 2 is 2.31 bits per heavy atom. The molecule has 16 heavy (non-hydrogen) atoms. The van der Waals surface area contributed by atoms with Gasteiger partial charge in [-0.3, -0.25) is 9.48 Å². The fraction of sp³-hybridized carbons (Fsp3) is 0.600. The van der Waals surface area contributed by atoms with E-state index in [-0.39, 0.29) is 5.91 Å². The number of aryl methyl sites for hydroxylation is 1. The average Bonchev–Trinajstić information content (AvgIpc) is 2.69. The molecule has 0 bridgehead atoms. The van der Waals surface area contributed by atoms with Crippen molar-refractivity contribution in [2.75, 3.05) is 33.4 Å². The molecule has 6 heteroatoms. The summed E-state index contributed by atoms with van der Waals surface area (Å²) in [6.45, 7) is 2.79. The maximum absolute atomic E-state index is 11.6. The van der Waals surface area contributed by atoms with Crippen LogP contribution in [0, 0.1) is 0 Å². The van der Waals surface area contributed by atoms with Gasteiger partial charge in [0.15, 0.2) is 0 Å². The van der Waals surface area contributed by atoms with Crippen molar-refractivity contribution in [2.45, 2.75) is 0 Å². The van der Waals surface area contributed by atoms with Crippen LogP contribution in [0.4, 0.5) is 0 Å². The van der Waals surface area contributed by atoms with Crippen LogP contribution >= 0.6 is 0 Å². The van der Waals surface area contributed by atoms with Gasteiger partial charge in [-0.05, 0) is 6.07 Å². The Morgan fingerprint density at radius 3 is 2.94 bits per heavy atom. The van der Waals surface area contributed by atoms with E-state index in [0.29, 0.717) is 18.8 Å². The largest absolute Gasteiger partial charge is 0.383 e. The predicted molar refractivity (Wildman–Crippen MR) is 60.3 cm³/mol. The summed E-state index contributed by atoms with van der Waals surface area (Å²) in [6, 6.07) is 1.69. The molecule has 1 aromatic rings. The molecule has 0 unspecified atom stereocenters. The van der Waals surface area contributed by atoms with Crippen LogP contribution in [0.3, 0.4) is 0 Å². The maximum atomic E-state index is 11.6. The van der Waals surface area contributed by atoms with E-state index in [2.05, 4.69) is 15.7 Å². The first-order valence-corrected chi connectivity index (χ1v) is 5.21. The molecule has 2 N–H and O–H groups in total.